The fourth-order valence-electron chi connectivity index (χ4n) is 3.34. The number of esters is 1. The molecule has 0 aliphatic carbocycles. The molecule has 2 aromatic carbocycles. The average Bonchev–Trinajstić information content (AvgIpc) is 2.67. The Labute approximate surface area is 159 Å². The lowest BCUT2D eigenvalue weighted by molar-refractivity contribution is -0.179. The van der Waals surface area contributed by atoms with Crippen LogP contribution >= 0.6 is 0 Å². The van der Waals surface area contributed by atoms with Crippen LogP contribution < -0.4 is 5.43 Å². The number of Topliss-reactive ketones (excluding diaryl/α,β-unsaturated/α-hetero) is 1. The van der Waals surface area contributed by atoms with Gasteiger partial charge in [0.05, 0.1) is 11.1 Å². The van der Waals surface area contributed by atoms with Crippen molar-refractivity contribution < 1.29 is 14.3 Å². The zero-order valence-electron chi connectivity index (χ0n) is 16.0. The van der Waals surface area contributed by atoms with Gasteiger partial charge >= 0.3 is 5.97 Å². The molecule has 1 aliphatic heterocycles. The van der Waals surface area contributed by atoms with Gasteiger partial charge in [0.25, 0.3) is 0 Å². The zero-order chi connectivity index (χ0) is 19.7. The second kappa shape index (κ2) is 6.99. The average molecular weight is 364 g/mol. The van der Waals surface area contributed by atoms with Crippen LogP contribution in [0.1, 0.15) is 33.3 Å². The number of ketones is 1. The first-order chi connectivity index (χ1) is 12.7. The Kier molecular flexibility index (Phi) is 4.87. The van der Waals surface area contributed by atoms with Crippen molar-refractivity contribution in [3.05, 3.63) is 66.2 Å². The van der Waals surface area contributed by atoms with E-state index in [9.17, 15) is 9.59 Å². The summed E-state index contributed by atoms with van der Waals surface area (Å²) in [7, 11) is 0. The van der Waals surface area contributed by atoms with Gasteiger partial charge in [-0.2, -0.15) is 5.10 Å². The van der Waals surface area contributed by atoms with E-state index >= 15 is 0 Å². The molecule has 0 bridgehead atoms. The third-order valence-corrected chi connectivity index (χ3v) is 4.94. The molecule has 1 N–H and O–H groups in total. The molecule has 1 aliphatic rings. The van der Waals surface area contributed by atoms with Crippen molar-refractivity contribution in [1.29, 1.82) is 0 Å². The molecule has 1 saturated heterocycles. The summed E-state index contributed by atoms with van der Waals surface area (Å²) in [6, 6.07) is 18.9. The van der Waals surface area contributed by atoms with Crippen LogP contribution in [0.5, 0.6) is 0 Å². The Bertz CT molecular complexity index is 871. The van der Waals surface area contributed by atoms with Gasteiger partial charge in [-0.15, -0.1) is 0 Å². The molecular weight excluding hydrogens is 340 g/mol. The normalized spacial score (nSPS) is 21.5. The van der Waals surface area contributed by atoms with E-state index in [0.717, 1.165) is 11.3 Å². The van der Waals surface area contributed by atoms with Gasteiger partial charge in [0.15, 0.2) is 11.9 Å². The maximum absolute atomic E-state index is 13.0. The highest BCUT2D eigenvalue weighted by molar-refractivity contribution is 6.15. The number of anilines is 1. The van der Waals surface area contributed by atoms with Gasteiger partial charge in [-0.1, -0.05) is 48.5 Å². The first-order valence-corrected chi connectivity index (χ1v) is 8.94. The molecule has 5 heteroatoms. The van der Waals surface area contributed by atoms with Gasteiger partial charge in [-0.25, -0.2) is 0 Å². The molecule has 0 aromatic heterocycles. The third kappa shape index (κ3) is 3.50. The number of nitrogens with zero attached hydrogens (tertiary/aromatic N) is 1. The second-order valence-electron chi connectivity index (χ2n) is 7.80. The van der Waals surface area contributed by atoms with Gasteiger partial charge in [-0.3, -0.25) is 15.0 Å². The van der Waals surface area contributed by atoms with Crippen LogP contribution in [-0.4, -0.2) is 23.6 Å². The molecule has 0 amide bonds. The summed E-state index contributed by atoms with van der Waals surface area (Å²) >= 11 is 0. The molecule has 1 fully saturated rings. The standard InChI is InChI=1S/C22H24N2O3/c1-21(2)18(27-20(26)22(3,4)19(21)25)17(15-11-7-5-8-12-15)24-23-16-13-9-6-10-14-16/h5-14,18,23H,1-4H3/b24-17+. The van der Waals surface area contributed by atoms with Crippen LogP contribution in [0, 0.1) is 10.8 Å². The minimum atomic E-state index is -1.17. The van der Waals surface area contributed by atoms with Crippen LogP contribution in [0.4, 0.5) is 5.69 Å². The van der Waals surface area contributed by atoms with Crippen LogP contribution in [-0.2, 0) is 14.3 Å². The topological polar surface area (TPSA) is 67.8 Å². The quantitative estimate of drug-likeness (QED) is 0.385. The summed E-state index contributed by atoms with van der Waals surface area (Å²) in [5.74, 6) is -0.681. The number of hydrogen-bond acceptors (Lipinski definition) is 5. The minimum Gasteiger partial charge on any atom is -0.454 e. The Morgan fingerprint density at radius 2 is 1.48 bits per heavy atom. The molecule has 140 valence electrons. The highest BCUT2D eigenvalue weighted by atomic mass is 16.5. The number of hydrogen-bond donors (Lipinski definition) is 1. The van der Waals surface area contributed by atoms with Crippen LogP contribution in [0.25, 0.3) is 0 Å². The van der Waals surface area contributed by atoms with Crippen LogP contribution in [0.2, 0.25) is 0 Å². The second-order valence-corrected chi connectivity index (χ2v) is 7.80. The highest BCUT2D eigenvalue weighted by Crippen LogP contribution is 2.41. The molecule has 2 aromatic rings. The fraction of sp³-hybridized carbons (Fsp3) is 0.318. The van der Waals surface area contributed by atoms with Crippen molar-refractivity contribution in [3.63, 3.8) is 0 Å². The number of hydrazone groups is 1. The summed E-state index contributed by atoms with van der Waals surface area (Å²) in [5.41, 5.74) is 3.04. The number of carbonyl (C=O) groups is 2. The van der Waals surface area contributed by atoms with Crippen molar-refractivity contribution in [2.75, 3.05) is 5.43 Å². The third-order valence-electron chi connectivity index (χ3n) is 4.94. The number of nitrogens with one attached hydrogen (secondary N) is 1. The molecule has 27 heavy (non-hydrogen) atoms. The zero-order valence-corrected chi connectivity index (χ0v) is 16.0. The Morgan fingerprint density at radius 3 is 2.07 bits per heavy atom. The van der Waals surface area contributed by atoms with Crippen molar-refractivity contribution in [1.82, 2.24) is 0 Å². The number of cyclic esters (lactones) is 1. The van der Waals surface area contributed by atoms with E-state index in [2.05, 4.69) is 10.5 Å². The summed E-state index contributed by atoms with van der Waals surface area (Å²) in [5, 5.41) is 4.54. The molecule has 1 heterocycles. The molecular formula is C22H24N2O3. The predicted molar refractivity (Wildman–Crippen MR) is 105 cm³/mol. The first-order valence-electron chi connectivity index (χ1n) is 8.94. The number of benzene rings is 2. The summed E-state index contributed by atoms with van der Waals surface area (Å²) in [4.78, 5) is 25.5. The molecule has 0 radical (unpaired) electrons. The van der Waals surface area contributed by atoms with E-state index in [-0.39, 0.29) is 5.78 Å². The summed E-state index contributed by atoms with van der Waals surface area (Å²) in [6.45, 7) is 6.82. The Balaban J connectivity index is 2.05. The van der Waals surface area contributed by atoms with Crippen LogP contribution in [0.3, 0.4) is 0 Å². The summed E-state index contributed by atoms with van der Waals surface area (Å²) < 4.78 is 5.76. The van der Waals surface area contributed by atoms with Crippen LogP contribution in [0.15, 0.2) is 65.8 Å². The maximum Gasteiger partial charge on any atom is 0.319 e. The fourth-order valence-corrected chi connectivity index (χ4v) is 3.34. The summed E-state index contributed by atoms with van der Waals surface area (Å²) in [6.07, 6.45) is -0.788. The number of ether oxygens (including phenoxy) is 1. The lowest BCUT2D eigenvalue weighted by atomic mass is 9.67. The van der Waals surface area contributed by atoms with Gasteiger partial charge in [-0.05, 0) is 39.8 Å². The van der Waals surface area contributed by atoms with E-state index in [1.54, 1.807) is 27.7 Å². The highest BCUT2D eigenvalue weighted by Gasteiger charge is 2.56. The van der Waals surface area contributed by atoms with E-state index in [1.807, 2.05) is 60.7 Å². The number of rotatable bonds is 4. The lowest BCUT2D eigenvalue weighted by Crippen LogP contribution is -2.58. The molecule has 1 atom stereocenters. The van der Waals surface area contributed by atoms with Gasteiger partial charge < -0.3 is 4.74 Å². The SMILES string of the molecule is CC1(C)C(=O)OC(/C(=N/Nc2ccccc2)c2ccccc2)C(C)(C)C1=O. The molecule has 5 nitrogen and oxygen atoms in total. The largest absolute Gasteiger partial charge is 0.454 e. The maximum atomic E-state index is 13.0. The number of para-hydroxylation sites is 1. The Morgan fingerprint density at radius 1 is 0.926 bits per heavy atom. The predicted octanol–water partition coefficient (Wildman–Crippen LogP) is 4.05. The number of carbonyl (C=O) groups excluding carboxylic acids is 2. The smallest absolute Gasteiger partial charge is 0.319 e. The molecule has 1 unspecified atom stereocenters. The van der Waals surface area contributed by atoms with E-state index < -0.39 is 22.9 Å². The molecule has 0 saturated carbocycles. The minimum absolute atomic E-state index is 0.153. The van der Waals surface area contributed by atoms with Gasteiger partial charge in [0.2, 0.25) is 0 Å². The van der Waals surface area contributed by atoms with Crippen molar-refractivity contribution in [2.45, 2.75) is 33.8 Å². The lowest BCUT2D eigenvalue weighted by Gasteiger charge is -2.43. The monoisotopic (exact) mass is 364 g/mol. The molecule has 3 rings (SSSR count). The van der Waals surface area contributed by atoms with E-state index in [1.165, 1.54) is 0 Å². The first kappa shape index (κ1) is 18.8. The van der Waals surface area contributed by atoms with Crippen molar-refractivity contribution in [3.8, 4) is 0 Å². The van der Waals surface area contributed by atoms with Gasteiger partial charge in [0, 0.05) is 5.56 Å². The van der Waals surface area contributed by atoms with Gasteiger partial charge in [0.1, 0.15) is 11.1 Å². The van der Waals surface area contributed by atoms with E-state index in [0.29, 0.717) is 5.71 Å². The van der Waals surface area contributed by atoms with E-state index in [4.69, 9.17) is 4.74 Å². The Hall–Kier alpha value is -2.95. The molecule has 0 spiro atoms. The van der Waals surface area contributed by atoms with Crippen molar-refractivity contribution in [2.24, 2.45) is 15.9 Å². The van der Waals surface area contributed by atoms with Crippen molar-refractivity contribution >= 4 is 23.2 Å².